The van der Waals surface area contributed by atoms with Gasteiger partial charge in [0.15, 0.2) is 0 Å². The maximum absolute atomic E-state index is 12.9. The summed E-state index contributed by atoms with van der Waals surface area (Å²) in [6, 6.07) is 4.07. The smallest absolute Gasteiger partial charge is 0.144 e. The average Bonchev–Trinajstić information content (AvgIpc) is 2.32. The van der Waals surface area contributed by atoms with Crippen LogP contribution in [0.2, 0.25) is 0 Å². The zero-order valence-corrected chi connectivity index (χ0v) is 5.77. The number of fused-ring (bicyclic) bond motifs is 1. The lowest BCUT2D eigenvalue weighted by Crippen LogP contribution is -1.94. The van der Waals surface area contributed by atoms with Crippen LogP contribution in [-0.4, -0.2) is 6.54 Å². The zero-order valence-electron chi connectivity index (χ0n) is 5.77. The highest BCUT2D eigenvalue weighted by atomic mass is 19.1. The number of hydrogen-bond donors (Lipinski definition) is 1. The third-order valence-electron chi connectivity index (χ3n) is 1.82. The van der Waals surface area contributed by atoms with Gasteiger partial charge in [0.05, 0.1) is 6.54 Å². The van der Waals surface area contributed by atoms with E-state index in [1.54, 1.807) is 0 Å². The Kier molecular flexibility index (Phi) is 1.31. The second-order valence-electron chi connectivity index (χ2n) is 2.58. The molecule has 0 radical (unpaired) electrons. The average molecular weight is 155 g/mol. The van der Waals surface area contributed by atoms with Crippen LogP contribution in [0.1, 0.15) is 11.7 Å². The van der Waals surface area contributed by atoms with E-state index in [1.807, 2.05) is 0 Å². The molecular formula is C8H7F2N. The molecular weight excluding hydrogens is 148 g/mol. The van der Waals surface area contributed by atoms with Crippen LogP contribution in [0.15, 0.2) is 18.2 Å². The van der Waals surface area contributed by atoms with Crippen LogP contribution in [0.25, 0.3) is 0 Å². The molecule has 0 saturated carbocycles. The summed E-state index contributed by atoms with van der Waals surface area (Å²) in [6.07, 6.45) is -0.981. The molecule has 1 aliphatic heterocycles. The number of hydrogen-bond acceptors (Lipinski definition) is 1. The van der Waals surface area contributed by atoms with Gasteiger partial charge in [-0.05, 0) is 12.1 Å². The Morgan fingerprint density at radius 1 is 1.45 bits per heavy atom. The third-order valence-corrected chi connectivity index (χ3v) is 1.82. The summed E-state index contributed by atoms with van der Waals surface area (Å²) < 4.78 is 25.4. The second kappa shape index (κ2) is 2.19. The summed E-state index contributed by atoms with van der Waals surface area (Å²) in [7, 11) is 0. The van der Waals surface area contributed by atoms with E-state index in [2.05, 4.69) is 5.32 Å². The van der Waals surface area contributed by atoms with Gasteiger partial charge in [0, 0.05) is 11.3 Å². The van der Waals surface area contributed by atoms with Gasteiger partial charge in [-0.15, -0.1) is 0 Å². The third kappa shape index (κ3) is 0.964. The molecule has 2 rings (SSSR count). The molecule has 1 aromatic rings. The number of halogens is 2. The molecule has 0 bridgehead atoms. The monoisotopic (exact) mass is 155 g/mol. The summed E-state index contributed by atoms with van der Waals surface area (Å²) in [5.41, 5.74) is 1.14. The molecule has 1 aromatic carbocycles. The molecule has 0 fully saturated rings. The van der Waals surface area contributed by atoms with Gasteiger partial charge in [-0.1, -0.05) is 6.07 Å². The van der Waals surface area contributed by atoms with E-state index < -0.39 is 6.17 Å². The highest BCUT2D eigenvalue weighted by Crippen LogP contribution is 2.32. The fraction of sp³-hybridized carbons (Fsp3) is 0.250. The van der Waals surface area contributed by atoms with Crippen molar-refractivity contribution in [2.24, 2.45) is 0 Å². The first kappa shape index (κ1) is 6.58. The Bertz CT molecular complexity index is 285. The largest absolute Gasteiger partial charge is 0.381 e. The molecule has 0 aliphatic carbocycles. The Morgan fingerprint density at radius 2 is 2.27 bits per heavy atom. The maximum Gasteiger partial charge on any atom is 0.144 e. The molecule has 1 unspecified atom stereocenters. The molecule has 1 atom stereocenters. The van der Waals surface area contributed by atoms with E-state index >= 15 is 0 Å². The molecule has 11 heavy (non-hydrogen) atoms. The van der Waals surface area contributed by atoms with Gasteiger partial charge in [-0.25, -0.2) is 8.78 Å². The first-order valence-corrected chi connectivity index (χ1v) is 3.45. The van der Waals surface area contributed by atoms with E-state index in [4.69, 9.17) is 0 Å². The van der Waals surface area contributed by atoms with Crippen LogP contribution >= 0.6 is 0 Å². The van der Waals surface area contributed by atoms with E-state index in [9.17, 15) is 8.78 Å². The second-order valence-corrected chi connectivity index (χ2v) is 2.58. The predicted octanol–water partition coefficient (Wildman–Crippen LogP) is 2.26. The Morgan fingerprint density at radius 3 is 3.09 bits per heavy atom. The summed E-state index contributed by atoms with van der Waals surface area (Å²) in [6.45, 7) is 0.263. The van der Waals surface area contributed by atoms with Gasteiger partial charge >= 0.3 is 0 Å². The van der Waals surface area contributed by atoms with Crippen molar-refractivity contribution in [1.29, 1.82) is 0 Å². The summed E-state index contributed by atoms with van der Waals surface area (Å²) >= 11 is 0. The van der Waals surface area contributed by atoms with Crippen molar-refractivity contribution in [2.75, 3.05) is 11.9 Å². The highest BCUT2D eigenvalue weighted by Gasteiger charge is 2.20. The normalized spacial score (nSPS) is 21.1. The molecule has 0 spiro atoms. The first-order valence-electron chi connectivity index (χ1n) is 3.45. The van der Waals surface area contributed by atoms with Gasteiger partial charge in [0.25, 0.3) is 0 Å². The number of alkyl halides is 1. The molecule has 1 aliphatic rings. The van der Waals surface area contributed by atoms with Crippen molar-refractivity contribution in [3.63, 3.8) is 0 Å². The molecule has 0 aromatic heterocycles. The molecule has 0 saturated heterocycles. The van der Waals surface area contributed by atoms with Crippen LogP contribution < -0.4 is 5.32 Å². The summed E-state index contributed by atoms with van der Waals surface area (Å²) in [5, 5.41) is 2.78. The summed E-state index contributed by atoms with van der Waals surface area (Å²) in [5.74, 6) is -0.328. The molecule has 1 heterocycles. The highest BCUT2D eigenvalue weighted by molar-refractivity contribution is 5.56. The molecule has 1 N–H and O–H groups in total. The minimum Gasteiger partial charge on any atom is -0.381 e. The van der Waals surface area contributed by atoms with Crippen molar-refractivity contribution < 1.29 is 8.78 Å². The van der Waals surface area contributed by atoms with Crippen molar-refractivity contribution in [2.45, 2.75) is 6.17 Å². The minimum atomic E-state index is -0.981. The van der Waals surface area contributed by atoms with Crippen LogP contribution in [0.5, 0.6) is 0 Å². The molecule has 58 valence electrons. The van der Waals surface area contributed by atoms with Crippen molar-refractivity contribution >= 4 is 5.69 Å². The van der Waals surface area contributed by atoms with E-state index in [1.165, 1.54) is 18.2 Å². The molecule has 3 heteroatoms. The van der Waals surface area contributed by atoms with Gasteiger partial charge < -0.3 is 5.32 Å². The van der Waals surface area contributed by atoms with Gasteiger partial charge in [0.2, 0.25) is 0 Å². The topological polar surface area (TPSA) is 12.0 Å². The number of benzene rings is 1. The molecule has 0 amide bonds. The lowest BCUT2D eigenvalue weighted by molar-refractivity contribution is 0.373. The Balaban J connectivity index is 2.50. The number of nitrogens with one attached hydrogen (secondary N) is 1. The summed E-state index contributed by atoms with van der Waals surface area (Å²) in [4.78, 5) is 0. The first-order chi connectivity index (χ1) is 5.27. The maximum atomic E-state index is 12.9. The van der Waals surface area contributed by atoms with Crippen molar-refractivity contribution in [1.82, 2.24) is 0 Å². The van der Waals surface area contributed by atoms with Crippen LogP contribution in [0, 0.1) is 5.82 Å². The number of anilines is 1. The quantitative estimate of drug-likeness (QED) is 0.606. The van der Waals surface area contributed by atoms with E-state index in [0.29, 0.717) is 11.3 Å². The standard InChI is InChI=1S/C8H7F2N/c9-5-1-2-6-7(10)4-11-8(6)3-5/h1-3,7,11H,4H2. The SMILES string of the molecule is Fc1ccc2c(c1)NCC2F. The minimum absolute atomic E-state index is 0.263. The van der Waals surface area contributed by atoms with E-state index in [0.717, 1.165) is 0 Å². The van der Waals surface area contributed by atoms with Gasteiger partial charge in [0.1, 0.15) is 12.0 Å². The fourth-order valence-corrected chi connectivity index (χ4v) is 1.26. The fourth-order valence-electron chi connectivity index (χ4n) is 1.26. The number of rotatable bonds is 0. The lowest BCUT2D eigenvalue weighted by atomic mass is 10.1. The Labute approximate surface area is 63.0 Å². The zero-order chi connectivity index (χ0) is 7.84. The predicted molar refractivity (Wildman–Crippen MR) is 38.7 cm³/mol. The molecule has 1 nitrogen and oxygen atoms in total. The van der Waals surface area contributed by atoms with Crippen molar-refractivity contribution in [3.05, 3.63) is 29.6 Å². The lowest BCUT2D eigenvalue weighted by Gasteiger charge is -1.98. The van der Waals surface area contributed by atoms with Crippen LogP contribution in [-0.2, 0) is 0 Å². The van der Waals surface area contributed by atoms with Gasteiger partial charge in [-0.2, -0.15) is 0 Å². The Hall–Kier alpha value is -1.12. The van der Waals surface area contributed by atoms with Crippen LogP contribution in [0.3, 0.4) is 0 Å². The van der Waals surface area contributed by atoms with Crippen LogP contribution in [0.4, 0.5) is 14.5 Å². The van der Waals surface area contributed by atoms with Crippen molar-refractivity contribution in [3.8, 4) is 0 Å². The van der Waals surface area contributed by atoms with E-state index in [-0.39, 0.29) is 12.4 Å². The van der Waals surface area contributed by atoms with Gasteiger partial charge in [-0.3, -0.25) is 0 Å².